The Kier molecular flexibility index (Phi) is 3.43. The van der Waals surface area contributed by atoms with Crippen LogP contribution in [-0.2, 0) is 6.54 Å². The number of imidazole rings is 1. The molecule has 0 spiro atoms. The third-order valence-electron chi connectivity index (χ3n) is 2.58. The molecule has 0 saturated carbocycles. The van der Waals surface area contributed by atoms with Crippen LogP contribution in [0.5, 0.6) is 0 Å². The van der Waals surface area contributed by atoms with Crippen molar-refractivity contribution >= 4 is 23.3 Å². The maximum atomic E-state index is 13.0. The van der Waals surface area contributed by atoms with Gasteiger partial charge in [-0.3, -0.25) is 0 Å². The topological polar surface area (TPSA) is 20.7 Å². The summed E-state index contributed by atoms with van der Waals surface area (Å²) in [5.74, 6) is -0.416. The minimum atomic E-state index is -4.17. The van der Waals surface area contributed by atoms with Gasteiger partial charge in [0.1, 0.15) is 5.82 Å². The summed E-state index contributed by atoms with van der Waals surface area (Å²) in [7, 11) is 0. The lowest BCUT2D eigenvalue weighted by Crippen LogP contribution is -2.09. The number of benzene rings is 1. The van der Waals surface area contributed by atoms with Gasteiger partial charge in [-0.05, 0) is 36.8 Å². The average Bonchev–Trinajstić information content (AvgIpc) is 2.52. The first-order chi connectivity index (χ1) is 8.37. The monoisotopic (exact) mass is 278 g/mol. The molecule has 0 amide bonds. The summed E-state index contributed by atoms with van der Waals surface area (Å²) in [6.45, 7) is 0.157. The van der Waals surface area contributed by atoms with Crippen LogP contribution in [0, 0.1) is 10.6 Å². The van der Waals surface area contributed by atoms with Crippen molar-refractivity contribution in [2.24, 2.45) is 0 Å². The summed E-state index contributed by atoms with van der Waals surface area (Å²) in [4.78, 5) is 2.77. The van der Waals surface area contributed by atoms with Gasteiger partial charge >= 0.3 is 6.18 Å². The number of aromatic nitrogens is 2. The third-order valence-corrected chi connectivity index (χ3v) is 2.90. The molecular formula is C11H10F4N2S. The largest absolute Gasteiger partial charge is 0.389 e. The van der Waals surface area contributed by atoms with Crippen LogP contribution in [0.15, 0.2) is 18.2 Å². The Morgan fingerprint density at radius 2 is 2.00 bits per heavy atom. The number of aryl methyl sites for hydroxylation is 1. The molecule has 0 radical (unpaired) electrons. The molecule has 0 aliphatic heterocycles. The zero-order valence-corrected chi connectivity index (χ0v) is 10.0. The van der Waals surface area contributed by atoms with E-state index in [9.17, 15) is 17.6 Å². The minimum absolute atomic E-state index is 0.0534. The smallest absolute Gasteiger partial charge is 0.330 e. The van der Waals surface area contributed by atoms with E-state index < -0.39 is 18.4 Å². The molecule has 1 aromatic carbocycles. The number of alkyl halides is 3. The highest BCUT2D eigenvalue weighted by Gasteiger charge is 2.26. The molecule has 98 valence electrons. The van der Waals surface area contributed by atoms with E-state index in [1.165, 1.54) is 18.2 Å². The number of hydrogen-bond donors (Lipinski definition) is 1. The molecule has 18 heavy (non-hydrogen) atoms. The van der Waals surface area contributed by atoms with Crippen LogP contribution >= 0.6 is 12.2 Å². The predicted molar refractivity (Wildman–Crippen MR) is 62.4 cm³/mol. The van der Waals surface area contributed by atoms with E-state index in [4.69, 9.17) is 12.2 Å². The van der Waals surface area contributed by atoms with Crippen LogP contribution in [0.1, 0.15) is 12.8 Å². The van der Waals surface area contributed by atoms with Crippen LogP contribution in [-0.4, -0.2) is 15.7 Å². The van der Waals surface area contributed by atoms with Crippen molar-refractivity contribution < 1.29 is 17.6 Å². The molecule has 0 aliphatic carbocycles. The minimum Gasteiger partial charge on any atom is -0.330 e. The molecule has 2 rings (SSSR count). The molecular weight excluding hydrogens is 268 g/mol. The second kappa shape index (κ2) is 4.72. The maximum Gasteiger partial charge on any atom is 0.389 e. The van der Waals surface area contributed by atoms with E-state index in [1.54, 1.807) is 4.57 Å². The number of rotatable bonds is 3. The van der Waals surface area contributed by atoms with Crippen molar-refractivity contribution in [1.29, 1.82) is 0 Å². The van der Waals surface area contributed by atoms with Crippen molar-refractivity contribution in [3.05, 3.63) is 28.8 Å². The number of halogens is 4. The van der Waals surface area contributed by atoms with Crippen molar-refractivity contribution in [3.8, 4) is 0 Å². The van der Waals surface area contributed by atoms with Crippen LogP contribution in [0.4, 0.5) is 17.6 Å². The molecule has 0 saturated heterocycles. The van der Waals surface area contributed by atoms with Gasteiger partial charge < -0.3 is 9.55 Å². The number of fused-ring (bicyclic) bond motifs is 1. The van der Waals surface area contributed by atoms with Gasteiger partial charge in [0.25, 0.3) is 0 Å². The first kappa shape index (κ1) is 13.1. The Balaban J connectivity index is 2.23. The number of H-pyrrole nitrogens is 1. The van der Waals surface area contributed by atoms with E-state index >= 15 is 0 Å². The Morgan fingerprint density at radius 1 is 1.28 bits per heavy atom. The fourth-order valence-corrected chi connectivity index (χ4v) is 2.10. The highest BCUT2D eigenvalue weighted by atomic mass is 32.1. The Hall–Kier alpha value is -1.37. The molecule has 7 heteroatoms. The fourth-order valence-electron chi connectivity index (χ4n) is 1.80. The molecule has 0 unspecified atom stereocenters. The lowest BCUT2D eigenvalue weighted by Gasteiger charge is -2.07. The van der Waals surface area contributed by atoms with Gasteiger partial charge in [0.05, 0.1) is 11.0 Å². The van der Waals surface area contributed by atoms with E-state index in [0.29, 0.717) is 15.8 Å². The summed E-state index contributed by atoms with van der Waals surface area (Å²) in [5.41, 5.74) is 1.11. The van der Waals surface area contributed by atoms with Crippen LogP contribution in [0.3, 0.4) is 0 Å². The third kappa shape index (κ3) is 2.90. The summed E-state index contributed by atoms with van der Waals surface area (Å²) in [6.07, 6.45) is -5.08. The molecule has 0 bridgehead atoms. The number of nitrogens with one attached hydrogen (secondary N) is 1. The Bertz CT molecular complexity index is 612. The molecule has 1 aromatic heterocycles. The lowest BCUT2D eigenvalue weighted by atomic mass is 10.3. The molecule has 0 fully saturated rings. The summed E-state index contributed by atoms with van der Waals surface area (Å²) < 4.78 is 51.0. The molecule has 0 aliphatic rings. The zero-order valence-electron chi connectivity index (χ0n) is 9.22. The van der Waals surface area contributed by atoms with Gasteiger partial charge in [-0.25, -0.2) is 4.39 Å². The standard InChI is InChI=1S/C11H10F4N2S/c12-7-2-3-9-8(6-7)16-10(18)17(9)5-1-4-11(13,14)15/h2-3,6H,1,4-5H2,(H,16,18). The van der Waals surface area contributed by atoms with Crippen LogP contribution in [0.25, 0.3) is 11.0 Å². The molecule has 1 N–H and O–H groups in total. The second-order valence-electron chi connectivity index (χ2n) is 3.96. The summed E-state index contributed by atoms with van der Waals surface area (Å²) in [6, 6.07) is 4.03. The van der Waals surface area contributed by atoms with Crippen LogP contribution in [0.2, 0.25) is 0 Å². The number of nitrogens with zero attached hydrogens (tertiary/aromatic N) is 1. The molecule has 1 heterocycles. The molecule has 2 aromatic rings. The van der Waals surface area contributed by atoms with Crippen molar-refractivity contribution in [2.75, 3.05) is 0 Å². The first-order valence-electron chi connectivity index (χ1n) is 5.32. The summed E-state index contributed by atoms with van der Waals surface area (Å²) in [5, 5.41) is 0. The zero-order chi connectivity index (χ0) is 13.3. The van der Waals surface area contributed by atoms with Gasteiger partial charge in [0.15, 0.2) is 4.77 Å². The van der Waals surface area contributed by atoms with Crippen molar-refractivity contribution in [3.63, 3.8) is 0 Å². The average molecular weight is 278 g/mol. The van der Waals surface area contributed by atoms with Gasteiger partial charge in [0.2, 0.25) is 0 Å². The quantitative estimate of drug-likeness (QED) is 0.659. The van der Waals surface area contributed by atoms with E-state index in [2.05, 4.69) is 4.98 Å². The van der Waals surface area contributed by atoms with Gasteiger partial charge in [0, 0.05) is 13.0 Å². The predicted octanol–water partition coefficient (Wildman–Crippen LogP) is 4.18. The summed E-state index contributed by atoms with van der Waals surface area (Å²) >= 11 is 5.01. The number of hydrogen-bond acceptors (Lipinski definition) is 1. The van der Waals surface area contributed by atoms with E-state index in [0.717, 1.165) is 0 Å². The molecule has 0 atom stereocenters. The lowest BCUT2D eigenvalue weighted by molar-refractivity contribution is -0.135. The number of aromatic amines is 1. The fraction of sp³-hybridized carbons (Fsp3) is 0.364. The van der Waals surface area contributed by atoms with Gasteiger partial charge in [-0.2, -0.15) is 13.2 Å². The first-order valence-corrected chi connectivity index (χ1v) is 5.72. The van der Waals surface area contributed by atoms with E-state index in [1.807, 2.05) is 0 Å². The normalized spacial score (nSPS) is 12.2. The second-order valence-corrected chi connectivity index (χ2v) is 4.35. The van der Waals surface area contributed by atoms with Crippen LogP contribution < -0.4 is 0 Å². The Labute approximate surface area is 105 Å². The van der Waals surface area contributed by atoms with Gasteiger partial charge in [-0.1, -0.05) is 0 Å². The highest BCUT2D eigenvalue weighted by molar-refractivity contribution is 7.71. The maximum absolute atomic E-state index is 13.0. The van der Waals surface area contributed by atoms with E-state index in [-0.39, 0.29) is 13.0 Å². The van der Waals surface area contributed by atoms with Crippen molar-refractivity contribution in [1.82, 2.24) is 9.55 Å². The SMILES string of the molecule is Fc1ccc2c(c1)[nH]c(=S)n2CCCC(F)(F)F. The molecule has 2 nitrogen and oxygen atoms in total. The van der Waals surface area contributed by atoms with Crippen molar-refractivity contribution in [2.45, 2.75) is 25.6 Å². The van der Waals surface area contributed by atoms with Gasteiger partial charge in [-0.15, -0.1) is 0 Å². The highest BCUT2D eigenvalue weighted by Crippen LogP contribution is 2.23. The Morgan fingerprint density at radius 3 is 2.67 bits per heavy atom.